The minimum Gasteiger partial charge on any atom is -0.408 e. The summed E-state index contributed by atoms with van der Waals surface area (Å²) in [5.74, 6) is 0.935. The summed E-state index contributed by atoms with van der Waals surface area (Å²) in [7, 11) is 2.04. The molecule has 132 valence electrons. The molecule has 0 saturated carbocycles. The number of hydrogen-bond donors (Lipinski definition) is 1. The fourth-order valence-electron chi connectivity index (χ4n) is 3.92. The summed E-state index contributed by atoms with van der Waals surface area (Å²) in [5.41, 5.74) is 6.95. The maximum atomic E-state index is 6.21. The van der Waals surface area contributed by atoms with Gasteiger partial charge in [0.15, 0.2) is 0 Å². The molecule has 2 aromatic carbocycles. The van der Waals surface area contributed by atoms with Crippen molar-refractivity contribution in [2.75, 3.05) is 7.05 Å². The van der Waals surface area contributed by atoms with Gasteiger partial charge in [-0.15, -0.1) is 0 Å². The molecule has 4 nitrogen and oxygen atoms in total. The summed E-state index contributed by atoms with van der Waals surface area (Å²) in [4.78, 5) is 12.1. The number of fused-ring (bicyclic) bond motifs is 1. The molecule has 2 aromatic rings. The van der Waals surface area contributed by atoms with E-state index >= 15 is 0 Å². The highest BCUT2D eigenvalue weighted by Crippen LogP contribution is 2.42. The Morgan fingerprint density at radius 1 is 1.12 bits per heavy atom. The normalized spacial score (nSPS) is 29.7. The summed E-state index contributed by atoms with van der Waals surface area (Å²) in [6, 6.07) is 17.1. The molecule has 1 saturated heterocycles. The van der Waals surface area contributed by atoms with Crippen LogP contribution in [0.5, 0.6) is 5.75 Å². The first-order valence-corrected chi connectivity index (χ1v) is 9.04. The van der Waals surface area contributed by atoms with E-state index in [1.165, 1.54) is 16.7 Å². The van der Waals surface area contributed by atoms with E-state index in [1.807, 2.05) is 24.2 Å². The average molecular weight is 338 g/mol. The molecule has 2 aliphatic rings. The van der Waals surface area contributed by atoms with E-state index in [2.05, 4.69) is 55.7 Å². The molecule has 0 aliphatic carbocycles. The van der Waals surface area contributed by atoms with E-state index in [1.54, 1.807) is 0 Å². The van der Waals surface area contributed by atoms with Crippen LogP contribution in [0, 0.1) is 6.92 Å². The summed E-state index contributed by atoms with van der Waals surface area (Å²) < 4.78 is 0. The highest BCUT2D eigenvalue weighted by atomic mass is 16.7. The summed E-state index contributed by atoms with van der Waals surface area (Å²) in [6.07, 6.45) is 3.04. The number of para-hydroxylation sites is 1. The summed E-state index contributed by atoms with van der Waals surface area (Å²) >= 11 is 0. The molecule has 4 rings (SSSR count). The zero-order valence-corrected chi connectivity index (χ0v) is 15.2. The molecule has 2 aliphatic heterocycles. The van der Waals surface area contributed by atoms with Gasteiger partial charge in [-0.3, -0.25) is 4.84 Å². The van der Waals surface area contributed by atoms with Gasteiger partial charge in [0, 0.05) is 13.5 Å². The maximum absolute atomic E-state index is 6.21. The first-order valence-electron chi connectivity index (χ1n) is 9.04. The zero-order chi connectivity index (χ0) is 17.4. The van der Waals surface area contributed by atoms with Crippen molar-refractivity contribution in [2.24, 2.45) is 0 Å². The molecule has 25 heavy (non-hydrogen) atoms. The van der Waals surface area contributed by atoms with Crippen LogP contribution in [0.4, 0.5) is 0 Å². The van der Waals surface area contributed by atoms with E-state index in [0.29, 0.717) is 0 Å². The zero-order valence-electron chi connectivity index (χ0n) is 15.2. The molecule has 0 radical (unpaired) electrons. The number of nitrogens with zero attached hydrogens (tertiary/aromatic N) is 1. The van der Waals surface area contributed by atoms with Crippen LogP contribution in [-0.2, 0) is 11.3 Å². The van der Waals surface area contributed by atoms with Crippen LogP contribution >= 0.6 is 0 Å². The van der Waals surface area contributed by atoms with Crippen molar-refractivity contribution < 1.29 is 9.68 Å². The van der Waals surface area contributed by atoms with Gasteiger partial charge in [-0.05, 0) is 43.9 Å². The molecule has 3 atom stereocenters. The smallest absolute Gasteiger partial charge is 0.150 e. The Hall–Kier alpha value is -1.88. The standard InChI is InChI=1S/C21H26N2O2/c1-15-8-10-17(11-9-15)19-14-21(2,23(3)25-19)20-13-12-16-6-4-5-7-18(16)24-22-20/h4-11,19-20,22H,12-14H2,1-3H3. The quantitative estimate of drug-likeness (QED) is 0.899. The fraction of sp³-hybridized carbons (Fsp3) is 0.429. The number of rotatable bonds is 2. The van der Waals surface area contributed by atoms with Crippen LogP contribution in [0.25, 0.3) is 0 Å². The van der Waals surface area contributed by atoms with E-state index < -0.39 is 0 Å². The Labute approximate surface area is 149 Å². The van der Waals surface area contributed by atoms with Gasteiger partial charge in [-0.2, -0.15) is 10.5 Å². The van der Waals surface area contributed by atoms with Crippen molar-refractivity contribution in [2.45, 2.75) is 50.8 Å². The topological polar surface area (TPSA) is 33.7 Å². The van der Waals surface area contributed by atoms with Gasteiger partial charge in [-0.1, -0.05) is 48.0 Å². The molecule has 1 fully saturated rings. The molecular formula is C21H26N2O2. The van der Waals surface area contributed by atoms with Gasteiger partial charge >= 0.3 is 0 Å². The first-order chi connectivity index (χ1) is 12.1. The molecule has 1 N–H and O–H groups in total. The van der Waals surface area contributed by atoms with Crippen LogP contribution in [0.3, 0.4) is 0 Å². The van der Waals surface area contributed by atoms with Gasteiger partial charge in [0.2, 0.25) is 0 Å². The highest BCUT2D eigenvalue weighted by molar-refractivity contribution is 5.34. The number of hydrogen-bond acceptors (Lipinski definition) is 4. The third-order valence-electron chi connectivity index (χ3n) is 5.79. The van der Waals surface area contributed by atoms with Gasteiger partial charge < -0.3 is 4.84 Å². The second kappa shape index (κ2) is 6.45. The minimum atomic E-state index is -0.127. The largest absolute Gasteiger partial charge is 0.408 e. The Morgan fingerprint density at radius 3 is 2.68 bits per heavy atom. The Balaban J connectivity index is 1.52. The van der Waals surface area contributed by atoms with Crippen molar-refractivity contribution in [1.29, 1.82) is 0 Å². The second-order valence-corrected chi connectivity index (χ2v) is 7.48. The van der Waals surface area contributed by atoms with E-state index in [9.17, 15) is 0 Å². The number of nitrogens with one attached hydrogen (secondary N) is 1. The van der Waals surface area contributed by atoms with Crippen LogP contribution in [0.2, 0.25) is 0 Å². The first kappa shape index (κ1) is 16.6. The van der Waals surface area contributed by atoms with Crippen LogP contribution in [0.1, 0.15) is 42.6 Å². The highest BCUT2D eigenvalue weighted by Gasteiger charge is 2.48. The van der Waals surface area contributed by atoms with Crippen LogP contribution < -0.4 is 10.3 Å². The van der Waals surface area contributed by atoms with E-state index in [4.69, 9.17) is 9.68 Å². The van der Waals surface area contributed by atoms with Gasteiger partial charge in [0.25, 0.3) is 0 Å². The summed E-state index contributed by atoms with van der Waals surface area (Å²) in [5, 5.41) is 2.02. The van der Waals surface area contributed by atoms with Gasteiger partial charge in [0.1, 0.15) is 11.9 Å². The van der Waals surface area contributed by atoms with Gasteiger partial charge in [0.05, 0.1) is 11.6 Å². The molecule has 0 aromatic heterocycles. The van der Waals surface area contributed by atoms with Crippen molar-refractivity contribution in [3.05, 3.63) is 65.2 Å². The Morgan fingerprint density at radius 2 is 1.88 bits per heavy atom. The molecule has 2 heterocycles. The van der Waals surface area contributed by atoms with E-state index in [-0.39, 0.29) is 17.7 Å². The number of hydroxylamine groups is 3. The lowest BCUT2D eigenvalue weighted by molar-refractivity contribution is -0.177. The molecule has 3 unspecified atom stereocenters. The molecule has 0 spiro atoms. The second-order valence-electron chi connectivity index (χ2n) is 7.48. The average Bonchev–Trinajstić information content (AvgIpc) is 2.81. The molecule has 0 bridgehead atoms. The van der Waals surface area contributed by atoms with Crippen molar-refractivity contribution >= 4 is 0 Å². The van der Waals surface area contributed by atoms with Crippen molar-refractivity contribution in [1.82, 2.24) is 10.5 Å². The molecule has 0 amide bonds. The third-order valence-corrected chi connectivity index (χ3v) is 5.79. The van der Waals surface area contributed by atoms with Crippen LogP contribution in [0.15, 0.2) is 48.5 Å². The lowest BCUT2D eigenvalue weighted by Crippen LogP contribution is -2.55. The Kier molecular flexibility index (Phi) is 4.28. The maximum Gasteiger partial charge on any atom is 0.150 e. The van der Waals surface area contributed by atoms with E-state index in [0.717, 1.165) is 25.0 Å². The summed E-state index contributed by atoms with van der Waals surface area (Å²) in [6.45, 7) is 4.37. The molecular weight excluding hydrogens is 312 g/mol. The fourth-order valence-corrected chi connectivity index (χ4v) is 3.92. The van der Waals surface area contributed by atoms with Crippen LogP contribution in [-0.4, -0.2) is 23.7 Å². The predicted molar refractivity (Wildman–Crippen MR) is 98.1 cm³/mol. The monoisotopic (exact) mass is 338 g/mol. The number of likely N-dealkylation sites (N-methyl/N-ethyl adjacent to an activating group) is 1. The third kappa shape index (κ3) is 3.06. The van der Waals surface area contributed by atoms with Gasteiger partial charge in [-0.25, -0.2) is 0 Å². The van der Waals surface area contributed by atoms with Crippen molar-refractivity contribution in [3.8, 4) is 5.75 Å². The lowest BCUT2D eigenvalue weighted by atomic mass is 9.83. The minimum absolute atomic E-state index is 0.0861. The van der Waals surface area contributed by atoms with Crippen molar-refractivity contribution in [3.63, 3.8) is 0 Å². The molecule has 4 heteroatoms. The predicted octanol–water partition coefficient (Wildman–Crippen LogP) is 3.96. The number of aryl methyl sites for hydroxylation is 2. The SMILES string of the molecule is Cc1ccc(C2CC(C)(C3CCc4ccccc4ON3)N(C)O2)cc1. The lowest BCUT2D eigenvalue weighted by Gasteiger charge is -2.37. The number of benzene rings is 2. The Bertz CT molecular complexity index is 719.